The van der Waals surface area contributed by atoms with Gasteiger partial charge in [0, 0.05) is 24.8 Å². The molecule has 13 heteroatoms. The van der Waals surface area contributed by atoms with Crippen LogP contribution in [0.1, 0.15) is 31.0 Å². The van der Waals surface area contributed by atoms with Crippen molar-refractivity contribution in [2.75, 3.05) is 32.9 Å². The summed E-state index contributed by atoms with van der Waals surface area (Å²) in [7, 11) is 0. The van der Waals surface area contributed by atoms with E-state index in [1.165, 1.54) is 16.8 Å². The molecule has 0 amide bonds. The molecular weight excluding hydrogens is 515 g/mol. The van der Waals surface area contributed by atoms with Crippen molar-refractivity contribution < 1.29 is 19.0 Å². The normalized spacial score (nSPS) is 19.9. The van der Waals surface area contributed by atoms with Crippen LogP contribution in [0.5, 0.6) is 5.75 Å². The smallest absolute Gasteiger partial charge is 0.191 e. The summed E-state index contributed by atoms with van der Waals surface area (Å²) in [5, 5.41) is 19.4. The number of likely N-dealkylation sites (tertiary alicyclic amines) is 1. The molecule has 11 nitrogen and oxygen atoms in total. The number of pyridine rings is 2. The zero-order valence-electron chi connectivity index (χ0n) is 20.9. The van der Waals surface area contributed by atoms with Crippen molar-refractivity contribution in [3.8, 4) is 5.75 Å². The maximum absolute atomic E-state index is 13.3. The Balaban J connectivity index is 1.36. The Bertz CT molecular complexity index is 1350. The van der Waals surface area contributed by atoms with Gasteiger partial charge in [-0.1, -0.05) is 11.6 Å². The van der Waals surface area contributed by atoms with Crippen LogP contribution in [0, 0.1) is 5.82 Å². The molecule has 3 aromatic heterocycles. The van der Waals surface area contributed by atoms with Crippen molar-refractivity contribution in [1.29, 1.82) is 0 Å². The number of fused-ring (bicyclic) bond motifs is 1. The number of aromatic nitrogens is 3. The number of nitrogens with zero attached hydrogens (tertiary/aromatic N) is 6. The van der Waals surface area contributed by atoms with Crippen molar-refractivity contribution in [1.82, 2.24) is 19.5 Å². The Morgan fingerprint density at radius 1 is 1.32 bits per heavy atom. The molecule has 5 rings (SSSR count). The van der Waals surface area contributed by atoms with Gasteiger partial charge in [-0.25, -0.2) is 8.91 Å². The highest BCUT2D eigenvalue weighted by Gasteiger charge is 2.30. The predicted molar refractivity (Wildman–Crippen MR) is 141 cm³/mol. The quantitative estimate of drug-likeness (QED) is 0.168. The van der Waals surface area contributed by atoms with E-state index in [-0.39, 0.29) is 18.3 Å². The number of halogens is 2. The molecule has 2 aliphatic heterocycles. The summed E-state index contributed by atoms with van der Waals surface area (Å²) in [4.78, 5) is 11.2. The summed E-state index contributed by atoms with van der Waals surface area (Å²) >= 11 is 6.37. The Kier molecular flexibility index (Phi) is 7.59. The minimum absolute atomic E-state index is 0.0498. The lowest BCUT2D eigenvalue weighted by molar-refractivity contribution is -0.0709. The van der Waals surface area contributed by atoms with E-state index < -0.39 is 11.5 Å². The van der Waals surface area contributed by atoms with Gasteiger partial charge < -0.3 is 20.4 Å². The average Bonchev–Trinajstić information content (AvgIpc) is 3.24. The van der Waals surface area contributed by atoms with Crippen LogP contribution in [0.4, 0.5) is 4.39 Å². The van der Waals surface area contributed by atoms with Crippen LogP contribution in [0.3, 0.4) is 0 Å². The minimum Gasteiger partial charge on any atom is -0.486 e. The van der Waals surface area contributed by atoms with Gasteiger partial charge >= 0.3 is 0 Å². The van der Waals surface area contributed by atoms with E-state index in [0.717, 1.165) is 51.4 Å². The number of hydrogen-bond acceptors (Lipinski definition) is 10. The molecule has 0 spiro atoms. The lowest BCUT2D eigenvalue weighted by Crippen LogP contribution is -2.52. The largest absolute Gasteiger partial charge is 0.486 e. The molecule has 202 valence electrons. The van der Waals surface area contributed by atoms with Gasteiger partial charge in [-0.3, -0.25) is 20.6 Å². The number of rotatable bonds is 8. The zero-order valence-corrected chi connectivity index (χ0v) is 21.7. The molecule has 5 N–H and O–H groups in total. The Morgan fingerprint density at radius 2 is 2.08 bits per heavy atom. The first-order valence-corrected chi connectivity index (χ1v) is 12.7. The van der Waals surface area contributed by atoms with Crippen LogP contribution in [0.25, 0.3) is 5.52 Å². The van der Waals surface area contributed by atoms with E-state index >= 15 is 0 Å². The number of aliphatic imine (C=N–C) groups is 1. The van der Waals surface area contributed by atoms with Crippen LogP contribution < -0.4 is 16.3 Å². The standard InChI is InChI=1S/C25H30ClFN8O3/c1-15(32-18-4-6-34(7-5-18)19-12-37-13-19)23(33-29)16-8-21(24-20(26)10-31-35(24)11-16)38-14-25(28,36)22-3-2-17(27)9-30-22/h2-3,8-11,18-19,36H,4-7,12-14,28-29H2,1H3/b32-15?,33-23+/t25-/m0/s1. The maximum atomic E-state index is 13.3. The van der Waals surface area contributed by atoms with E-state index in [4.69, 9.17) is 37.6 Å². The van der Waals surface area contributed by atoms with Crippen molar-refractivity contribution in [2.24, 2.45) is 21.7 Å². The summed E-state index contributed by atoms with van der Waals surface area (Å²) in [6.07, 6.45) is 6.07. The van der Waals surface area contributed by atoms with Crippen LogP contribution >= 0.6 is 11.6 Å². The summed E-state index contributed by atoms with van der Waals surface area (Å²) in [5.41, 5.74) is 6.31. The molecule has 2 saturated heterocycles. The van der Waals surface area contributed by atoms with Crippen LogP contribution in [0.15, 0.2) is 46.9 Å². The van der Waals surface area contributed by atoms with Crippen molar-refractivity contribution >= 4 is 28.5 Å². The highest BCUT2D eigenvalue weighted by molar-refractivity contribution is 6.47. The van der Waals surface area contributed by atoms with E-state index in [1.54, 1.807) is 12.3 Å². The highest BCUT2D eigenvalue weighted by atomic mass is 35.5. The zero-order chi connectivity index (χ0) is 26.9. The van der Waals surface area contributed by atoms with Crippen molar-refractivity contribution in [2.45, 2.75) is 37.6 Å². The van der Waals surface area contributed by atoms with E-state index in [1.807, 2.05) is 6.92 Å². The molecule has 0 aliphatic carbocycles. The fourth-order valence-electron chi connectivity index (χ4n) is 4.71. The molecule has 38 heavy (non-hydrogen) atoms. The first kappa shape index (κ1) is 26.4. The lowest BCUT2D eigenvalue weighted by Gasteiger charge is -2.40. The predicted octanol–water partition coefficient (Wildman–Crippen LogP) is 1.69. The Hall–Kier alpha value is -3.16. The molecule has 1 atom stereocenters. The second kappa shape index (κ2) is 10.9. The van der Waals surface area contributed by atoms with Gasteiger partial charge in [-0.15, -0.1) is 0 Å². The van der Waals surface area contributed by atoms with E-state index in [2.05, 4.69) is 20.1 Å². The summed E-state index contributed by atoms with van der Waals surface area (Å²) in [5.74, 6) is 5.56. The number of nitrogens with two attached hydrogens (primary N) is 2. The molecule has 0 aromatic carbocycles. The summed E-state index contributed by atoms with van der Waals surface area (Å²) < 4.78 is 26.0. The molecule has 0 radical (unpaired) electrons. The van der Waals surface area contributed by atoms with E-state index in [9.17, 15) is 9.50 Å². The van der Waals surface area contributed by atoms with Gasteiger partial charge in [-0.05, 0) is 38.0 Å². The number of ether oxygens (including phenoxy) is 2. The van der Waals surface area contributed by atoms with Crippen molar-refractivity contribution in [3.63, 3.8) is 0 Å². The lowest BCUT2D eigenvalue weighted by atomic mass is 10.0. The number of piperidine rings is 1. The van der Waals surface area contributed by atoms with Gasteiger partial charge in [0.05, 0.1) is 54.1 Å². The van der Waals surface area contributed by atoms with Crippen LogP contribution in [-0.4, -0.2) is 81.0 Å². The second-order valence-electron chi connectivity index (χ2n) is 9.60. The van der Waals surface area contributed by atoms with E-state index in [0.29, 0.717) is 39.3 Å². The van der Waals surface area contributed by atoms with Gasteiger partial charge in [0.1, 0.15) is 29.4 Å². The third-order valence-electron chi connectivity index (χ3n) is 6.91. The molecule has 0 unspecified atom stereocenters. The maximum Gasteiger partial charge on any atom is 0.191 e. The minimum atomic E-state index is -1.99. The third kappa shape index (κ3) is 5.49. The fraction of sp³-hybridized carbons (Fsp3) is 0.440. The fourth-order valence-corrected chi connectivity index (χ4v) is 4.93. The van der Waals surface area contributed by atoms with Gasteiger partial charge in [0.25, 0.3) is 0 Å². The molecule has 0 bridgehead atoms. The van der Waals surface area contributed by atoms with Crippen molar-refractivity contribution in [3.05, 3.63) is 58.9 Å². The number of hydrazone groups is 1. The first-order chi connectivity index (χ1) is 18.2. The monoisotopic (exact) mass is 544 g/mol. The van der Waals surface area contributed by atoms with Gasteiger partial charge in [0.2, 0.25) is 0 Å². The topological polar surface area (TPSA) is 149 Å². The molecular formula is C25H30ClFN8O3. The summed E-state index contributed by atoms with van der Waals surface area (Å²) in [6, 6.07) is 4.84. The second-order valence-corrected chi connectivity index (χ2v) is 10.0. The van der Waals surface area contributed by atoms with Gasteiger partial charge in [0.15, 0.2) is 5.72 Å². The Labute approximate surface area is 223 Å². The van der Waals surface area contributed by atoms with Crippen LogP contribution in [0.2, 0.25) is 5.02 Å². The molecule has 2 fully saturated rings. The summed E-state index contributed by atoms with van der Waals surface area (Å²) in [6.45, 7) is 5.05. The molecule has 2 aliphatic rings. The number of hydrogen-bond donors (Lipinski definition) is 3. The third-order valence-corrected chi connectivity index (χ3v) is 7.18. The molecule has 5 heterocycles. The first-order valence-electron chi connectivity index (χ1n) is 12.3. The SMILES string of the molecule is CC(=NC1CCN(C2COC2)CC1)/C(=N\N)c1cc(OC[C@](N)(O)c2ccc(F)cn2)c2c(Cl)cnn2c1. The van der Waals surface area contributed by atoms with Crippen LogP contribution in [-0.2, 0) is 10.5 Å². The Morgan fingerprint density at radius 3 is 2.71 bits per heavy atom. The molecule has 3 aromatic rings. The average molecular weight is 545 g/mol. The molecule has 0 saturated carbocycles. The number of aliphatic hydroxyl groups is 1. The highest BCUT2D eigenvalue weighted by Crippen LogP contribution is 2.30. The van der Waals surface area contributed by atoms with Gasteiger partial charge in [-0.2, -0.15) is 10.2 Å².